The molecule has 0 saturated heterocycles. The van der Waals surface area contributed by atoms with Crippen molar-refractivity contribution in [3.05, 3.63) is 94.8 Å². The van der Waals surface area contributed by atoms with E-state index in [-0.39, 0.29) is 0 Å². The van der Waals surface area contributed by atoms with E-state index < -0.39 is 0 Å². The molecule has 0 radical (unpaired) electrons. The van der Waals surface area contributed by atoms with Crippen LogP contribution in [0.3, 0.4) is 0 Å². The van der Waals surface area contributed by atoms with E-state index in [1.165, 1.54) is 22.3 Å². The van der Waals surface area contributed by atoms with Gasteiger partial charge in [0.05, 0.1) is 0 Å². The van der Waals surface area contributed by atoms with E-state index in [4.69, 9.17) is 5.73 Å². The average molecular weight is 350 g/mol. The molecule has 0 bridgehead atoms. The lowest BCUT2D eigenvalue weighted by Gasteiger charge is -2.17. The molecule has 1 heteroatoms. The van der Waals surface area contributed by atoms with Crippen LogP contribution in [0.1, 0.15) is 59.8 Å². The number of rotatable bonds is 9. The fraction of sp³-hybridized carbons (Fsp3) is 0.360. The van der Waals surface area contributed by atoms with Crippen LogP contribution in [-0.4, -0.2) is 0 Å². The second-order valence-corrected chi connectivity index (χ2v) is 6.87. The Morgan fingerprint density at radius 2 is 2.00 bits per heavy atom. The van der Waals surface area contributed by atoms with E-state index in [0.717, 1.165) is 48.9 Å². The standard InChI is InChI=1S/C25H35N/c1-7-13-21(18-22-14-11-10-12-15-22)16-17-23(8-2)24(9-3)25(19(4)5)20(6)26/h7,9-11,14,16-17H,1,4,8,12-13,15,18,26H2,2-3,5-6H3/b21-16+,23-17+,24-9-,25-20-. The molecular formula is C25H35N. The molecule has 0 amide bonds. The van der Waals surface area contributed by atoms with Crippen molar-refractivity contribution in [1.82, 2.24) is 0 Å². The molecule has 140 valence electrons. The summed E-state index contributed by atoms with van der Waals surface area (Å²) < 4.78 is 0. The molecule has 1 aliphatic rings. The molecule has 0 spiro atoms. The highest BCUT2D eigenvalue weighted by molar-refractivity contribution is 5.56. The van der Waals surface area contributed by atoms with Crippen LogP contribution in [0.25, 0.3) is 0 Å². The lowest BCUT2D eigenvalue weighted by atomic mass is 9.89. The SMILES string of the molecule is C=CC\C(=C/C=C(CC)/C(=C/C)C(/C(=C)C)=C(/C)N)CC1=CC=CCC1. The fourth-order valence-corrected chi connectivity index (χ4v) is 3.36. The van der Waals surface area contributed by atoms with Crippen LogP contribution >= 0.6 is 0 Å². The van der Waals surface area contributed by atoms with Gasteiger partial charge in [-0.1, -0.05) is 67.2 Å². The summed E-state index contributed by atoms with van der Waals surface area (Å²) in [4.78, 5) is 0. The summed E-state index contributed by atoms with van der Waals surface area (Å²) >= 11 is 0. The molecule has 0 saturated carbocycles. The minimum Gasteiger partial charge on any atom is -0.402 e. The summed E-state index contributed by atoms with van der Waals surface area (Å²) in [6.07, 6.45) is 20.5. The zero-order chi connectivity index (χ0) is 19.5. The first kappa shape index (κ1) is 21.8. The Labute approximate surface area is 160 Å². The van der Waals surface area contributed by atoms with Crippen LogP contribution in [0.2, 0.25) is 0 Å². The van der Waals surface area contributed by atoms with E-state index >= 15 is 0 Å². The molecule has 1 aliphatic carbocycles. The average Bonchev–Trinajstić information content (AvgIpc) is 2.61. The summed E-state index contributed by atoms with van der Waals surface area (Å²) in [5.41, 5.74) is 14.4. The van der Waals surface area contributed by atoms with Crippen LogP contribution in [0, 0.1) is 0 Å². The van der Waals surface area contributed by atoms with Gasteiger partial charge in [-0.2, -0.15) is 0 Å². The van der Waals surface area contributed by atoms with Gasteiger partial charge in [-0.25, -0.2) is 0 Å². The molecule has 1 rings (SSSR count). The Hall–Kier alpha value is -2.28. The largest absolute Gasteiger partial charge is 0.402 e. The summed E-state index contributed by atoms with van der Waals surface area (Å²) in [5.74, 6) is 0. The molecule has 0 fully saturated rings. The Balaban J connectivity index is 3.20. The molecule has 0 unspecified atom stereocenters. The predicted octanol–water partition coefficient (Wildman–Crippen LogP) is 7.25. The first-order valence-corrected chi connectivity index (χ1v) is 9.57. The third-order valence-corrected chi connectivity index (χ3v) is 4.59. The van der Waals surface area contributed by atoms with Crippen LogP contribution in [0.5, 0.6) is 0 Å². The van der Waals surface area contributed by atoms with E-state index in [1.54, 1.807) is 0 Å². The lowest BCUT2D eigenvalue weighted by molar-refractivity contribution is 0.891. The van der Waals surface area contributed by atoms with Crippen molar-refractivity contribution in [2.75, 3.05) is 0 Å². The van der Waals surface area contributed by atoms with Gasteiger partial charge in [-0.15, -0.1) is 6.58 Å². The molecule has 1 nitrogen and oxygen atoms in total. The first-order valence-electron chi connectivity index (χ1n) is 9.57. The van der Waals surface area contributed by atoms with Gasteiger partial charge in [0.25, 0.3) is 0 Å². The monoisotopic (exact) mass is 349 g/mol. The Bertz CT molecular complexity index is 698. The van der Waals surface area contributed by atoms with Gasteiger partial charge >= 0.3 is 0 Å². The van der Waals surface area contributed by atoms with Gasteiger partial charge in [-0.05, 0) is 69.6 Å². The fourth-order valence-electron chi connectivity index (χ4n) is 3.36. The van der Waals surface area contributed by atoms with Crippen LogP contribution in [0.4, 0.5) is 0 Å². The Morgan fingerprint density at radius 1 is 1.27 bits per heavy atom. The quantitative estimate of drug-likeness (QED) is 0.344. The first-order chi connectivity index (χ1) is 12.4. The molecule has 26 heavy (non-hydrogen) atoms. The maximum atomic E-state index is 6.14. The highest BCUT2D eigenvalue weighted by atomic mass is 14.6. The Morgan fingerprint density at radius 3 is 2.46 bits per heavy atom. The van der Waals surface area contributed by atoms with Crippen molar-refractivity contribution in [3.8, 4) is 0 Å². The van der Waals surface area contributed by atoms with Crippen molar-refractivity contribution in [2.45, 2.75) is 59.8 Å². The minimum atomic E-state index is 0.819. The van der Waals surface area contributed by atoms with E-state index in [9.17, 15) is 0 Å². The normalized spacial score (nSPS) is 16.9. The summed E-state index contributed by atoms with van der Waals surface area (Å²) in [6, 6.07) is 0. The van der Waals surface area contributed by atoms with Crippen molar-refractivity contribution in [1.29, 1.82) is 0 Å². The topological polar surface area (TPSA) is 26.0 Å². The second kappa shape index (κ2) is 11.4. The van der Waals surface area contributed by atoms with Crippen molar-refractivity contribution in [3.63, 3.8) is 0 Å². The molecule has 0 aromatic carbocycles. The van der Waals surface area contributed by atoms with Crippen LogP contribution in [0.15, 0.2) is 94.8 Å². The van der Waals surface area contributed by atoms with Crippen molar-refractivity contribution >= 4 is 0 Å². The predicted molar refractivity (Wildman–Crippen MR) is 118 cm³/mol. The van der Waals surface area contributed by atoms with E-state index in [0.29, 0.717) is 0 Å². The maximum Gasteiger partial charge on any atom is 0.0131 e. The zero-order valence-electron chi connectivity index (χ0n) is 17.1. The third-order valence-electron chi connectivity index (χ3n) is 4.59. The number of nitrogens with two attached hydrogens (primary N) is 1. The third kappa shape index (κ3) is 6.55. The maximum absolute atomic E-state index is 6.14. The van der Waals surface area contributed by atoms with Crippen molar-refractivity contribution < 1.29 is 0 Å². The highest BCUT2D eigenvalue weighted by Crippen LogP contribution is 2.29. The van der Waals surface area contributed by atoms with E-state index in [1.807, 2.05) is 19.9 Å². The number of allylic oxidation sites excluding steroid dienone is 14. The molecule has 0 aromatic heterocycles. The zero-order valence-corrected chi connectivity index (χ0v) is 17.1. The smallest absolute Gasteiger partial charge is 0.0131 e. The Kier molecular flexibility index (Phi) is 9.51. The van der Waals surface area contributed by atoms with Crippen LogP contribution in [-0.2, 0) is 0 Å². The van der Waals surface area contributed by atoms with Crippen molar-refractivity contribution in [2.24, 2.45) is 5.73 Å². The van der Waals surface area contributed by atoms with Gasteiger partial charge in [0.2, 0.25) is 0 Å². The van der Waals surface area contributed by atoms with Gasteiger partial charge in [-0.3, -0.25) is 0 Å². The molecule has 0 aliphatic heterocycles. The van der Waals surface area contributed by atoms with Gasteiger partial charge in [0, 0.05) is 11.3 Å². The molecular weight excluding hydrogens is 314 g/mol. The minimum absolute atomic E-state index is 0.819. The molecule has 2 N–H and O–H groups in total. The van der Waals surface area contributed by atoms with Gasteiger partial charge in [0.15, 0.2) is 0 Å². The number of hydrogen-bond acceptors (Lipinski definition) is 1. The molecule has 0 aromatic rings. The molecule has 0 atom stereocenters. The summed E-state index contributed by atoms with van der Waals surface area (Å²) in [7, 11) is 0. The van der Waals surface area contributed by atoms with Gasteiger partial charge in [0.1, 0.15) is 0 Å². The van der Waals surface area contributed by atoms with E-state index in [2.05, 4.69) is 63.5 Å². The molecule has 0 heterocycles. The summed E-state index contributed by atoms with van der Waals surface area (Å²) in [6.45, 7) is 16.3. The second-order valence-electron chi connectivity index (χ2n) is 6.87. The highest BCUT2D eigenvalue weighted by Gasteiger charge is 2.11. The number of hydrogen-bond donors (Lipinski definition) is 1. The van der Waals surface area contributed by atoms with Crippen LogP contribution < -0.4 is 5.73 Å². The lowest BCUT2D eigenvalue weighted by Crippen LogP contribution is -2.04. The summed E-state index contributed by atoms with van der Waals surface area (Å²) in [5, 5.41) is 0. The van der Waals surface area contributed by atoms with Gasteiger partial charge < -0.3 is 5.73 Å².